The van der Waals surface area contributed by atoms with E-state index in [1.807, 2.05) is 0 Å². The minimum absolute atomic E-state index is 0.0473. The molecule has 2 aromatic carbocycles. The van der Waals surface area contributed by atoms with Crippen LogP contribution in [0.4, 0.5) is 0 Å². The van der Waals surface area contributed by atoms with Gasteiger partial charge in [0.05, 0.1) is 6.61 Å². The van der Waals surface area contributed by atoms with Crippen molar-refractivity contribution in [2.24, 2.45) is 0 Å². The standard InChI is InChI=1S/C25H26O16/c26-8-4-11(29)14-13(5-8)38-20(7-1-2-9(27)10(28)3-7)21(16(14)32)39-25-19(35)17(33)22(23(36)41-25)40-24-18(34)15(31)12(30)6-37-24/h1-5,12,15,17-19,22-31,33-36H,6H2/t12-,15+,17+,18-,19+,22-,23-,24+,25+/m1/s1. The van der Waals surface area contributed by atoms with Crippen molar-refractivity contribution in [1.82, 2.24) is 0 Å². The number of aliphatic hydroxyl groups excluding tert-OH is 6. The molecular weight excluding hydrogens is 556 g/mol. The first kappa shape index (κ1) is 28.8. The molecule has 0 bridgehead atoms. The second-order valence-corrected chi connectivity index (χ2v) is 9.48. The third-order valence-corrected chi connectivity index (χ3v) is 6.65. The third kappa shape index (κ3) is 5.23. The summed E-state index contributed by atoms with van der Waals surface area (Å²) in [6.07, 6.45) is -16.4. The van der Waals surface area contributed by atoms with Crippen LogP contribution in [-0.2, 0) is 14.2 Å². The van der Waals surface area contributed by atoms with Crippen molar-refractivity contribution in [3.05, 3.63) is 40.6 Å². The zero-order chi connectivity index (χ0) is 29.7. The van der Waals surface area contributed by atoms with Crippen molar-refractivity contribution in [2.45, 2.75) is 55.5 Å². The Bertz CT molecular complexity index is 1490. The molecule has 2 aliphatic rings. The van der Waals surface area contributed by atoms with E-state index >= 15 is 0 Å². The molecule has 0 amide bonds. The summed E-state index contributed by atoms with van der Waals surface area (Å²) in [5.41, 5.74) is -1.40. The highest BCUT2D eigenvalue weighted by atomic mass is 16.8. The highest BCUT2D eigenvalue weighted by Gasteiger charge is 2.49. The Labute approximate surface area is 228 Å². The van der Waals surface area contributed by atoms with Crippen LogP contribution in [0.2, 0.25) is 0 Å². The molecule has 2 fully saturated rings. The molecule has 0 radical (unpaired) electrons. The third-order valence-electron chi connectivity index (χ3n) is 6.65. The Balaban J connectivity index is 1.48. The van der Waals surface area contributed by atoms with Crippen LogP contribution < -0.4 is 10.2 Å². The molecule has 3 aromatic rings. The van der Waals surface area contributed by atoms with E-state index < -0.39 is 107 Å². The van der Waals surface area contributed by atoms with Gasteiger partial charge in [0, 0.05) is 17.7 Å². The topological polar surface area (TPSA) is 269 Å². The lowest BCUT2D eigenvalue weighted by Gasteiger charge is -2.43. The predicted octanol–water partition coefficient (Wildman–Crippen LogP) is -2.12. The number of fused-ring (bicyclic) bond motifs is 1. The number of benzene rings is 2. The van der Waals surface area contributed by atoms with Crippen LogP contribution in [0, 0.1) is 0 Å². The molecule has 3 heterocycles. The van der Waals surface area contributed by atoms with Gasteiger partial charge in [-0.05, 0) is 18.2 Å². The van der Waals surface area contributed by atoms with Crippen LogP contribution in [0.3, 0.4) is 0 Å². The van der Waals surface area contributed by atoms with Crippen LogP contribution in [0.25, 0.3) is 22.3 Å². The largest absolute Gasteiger partial charge is 0.508 e. The van der Waals surface area contributed by atoms with Gasteiger partial charge in [0.1, 0.15) is 59.1 Å². The van der Waals surface area contributed by atoms with Gasteiger partial charge in [0.2, 0.25) is 17.5 Å². The highest BCUT2D eigenvalue weighted by Crippen LogP contribution is 2.39. The SMILES string of the molecule is O=c1c(O[C@H]2O[C@@H](O)[C@H](O[C@@H]3OC[C@@H](O)[C@H](O)[C@H]3O)[C@@H](O)[C@@H]2O)c(-c2ccc(O)c(O)c2)oc2cc(O)cc(O)c12. The number of ether oxygens (including phenoxy) is 4. The van der Waals surface area contributed by atoms with Gasteiger partial charge in [0.25, 0.3) is 0 Å². The first-order valence-electron chi connectivity index (χ1n) is 12.1. The fourth-order valence-electron chi connectivity index (χ4n) is 4.46. The molecule has 5 rings (SSSR count). The second kappa shape index (κ2) is 10.9. The maximum absolute atomic E-state index is 13.5. The van der Waals surface area contributed by atoms with Gasteiger partial charge in [-0.3, -0.25) is 4.79 Å². The van der Waals surface area contributed by atoms with E-state index in [-0.39, 0.29) is 11.1 Å². The lowest BCUT2D eigenvalue weighted by Crippen LogP contribution is -2.63. The van der Waals surface area contributed by atoms with Gasteiger partial charge in [0.15, 0.2) is 29.8 Å². The molecule has 9 atom stereocenters. The molecule has 0 spiro atoms. The predicted molar refractivity (Wildman–Crippen MR) is 131 cm³/mol. The first-order chi connectivity index (χ1) is 19.4. The fraction of sp³-hybridized carbons (Fsp3) is 0.400. The minimum atomic E-state index is -2.07. The lowest BCUT2D eigenvalue weighted by atomic mass is 10.0. The summed E-state index contributed by atoms with van der Waals surface area (Å²) in [6, 6.07) is 5.16. The second-order valence-electron chi connectivity index (χ2n) is 9.48. The summed E-state index contributed by atoms with van der Waals surface area (Å²) in [6.45, 7) is -0.450. The summed E-state index contributed by atoms with van der Waals surface area (Å²) in [7, 11) is 0. The van der Waals surface area contributed by atoms with Crippen LogP contribution in [-0.4, -0.2) is 113 Å². The maximum Gasteiger partial charge on any atom is 0.239 e. The lowest BCUT2D eigenvalue weighted by molar-refractivity contribution is -0.366. The molecule has 0 saturated carbocycles. The average molecular weight is 582 g/mol. The normalized spacial score (nSPS) is 32.2. The van der Waals surface area contributed by atoms with Gasteiger partial charge in [-0.1, -0.05) is 0 Å². The Morgan fingerprint density at radius 2 is 1.49 bits per heavy atom. The van der Waals surface area contributed by atoms with E-state index in [1.165, 1.54) is 6.07 Å². The molecule has 2 saturated heterocycles. The molecule has 10 N–H and O–H groups in total. The Morgan fingerprint density at radius 1 is 0.780 bits per heavy atom. The first-order valence-corrected chi connectivity index (χ1v) is 12.1. The zero-order valence-electron chi connectivity index (χ0n) is 20.7. The fourth-order valence-corrected chi connectivity index (χ4v) is 4.46. The summed E-state index contributed by atoms with van der Waals surface area (Å²) < 4.78 is 26.9. The number of hydrogen-bond acceptors (Lipinski definition) is 16. The molecule has 41 heavy (non-hydrogen) atoms. The Hall–Kier alpha value is -3.71. The van der Waals surface area contributed by atoms with Crippen molar-refractivity contribution in [1.29, 1.82) is 0 Å². The van der Waals surface area contributed by atoms with E-state index in [0.717, 1.165) is 24.3 Å². The van der Waals surface area contributed by atoms with Crippen molar-refractivity contribution >= 4 is 11.0 Å². The molecule has 0 unspecified atom stereocenters. The van der Waals surface area contributed by atoms with Crippen LogP contribution in [0.1, 0.15) is 0 Å². The van der Waals surface area contributed by atoms with E-state index in [0.29, 0.717) is 0 Å². The van der Waals surface area contributed by atoms with Crippen LogP contribution in [0.5, 0.6) is 28.7 Å². The van der Waals surface area contributed by atoms with Crippen molar-refractivity contribution in [3.8, 4) is 40.1 Å². The number of rotatable bonds is 5. The quantitative estimate of drug-likeness (QED) is 0.144. The van der Waals surface area contributed by atoms with Crippen molar-refractivity contribution in [2.75, 3.05) is 6.61 Å². The number of aliphatic hydroxyl groups is 6. The van der Waals surface area contributed by atoms with E-state index in [2.05, 4.69) is 0 Å². The molecule has 2 aliphatic heterocycles. The highest BCUT2D eigenvalue weighted by molar-refractivity contribution is 5.88. The van der Waals surface area contributed by atoms with Gasteiger partial charge >= 0.3 is 0 Å². The molecule has 16 nitrogen and oxygen atoms in total. The summed E-state index contributed by atoms with van der Waals surface area (Å²) in [4.78, 5) is 13.5. The summed E-state index contributed by atoms with van der Waals surface area (Å²) in [5.74, 6) is -3.42. The van der Waals surface area contributed by atoms with Crippen LogP contribution in [0.15, 0.2) is 39.5 Å². The van der Waals surface area contributed by atoms with Crippen LogP contribution >= 0.6 is 0 Å². The number of phenolic OH excluding ortho intramolecular Hbond substituents is 4. The number of phenols is 4. The zero-order valence-corrected chi connectivity index (χ0v) is 20.7. The van der Waals surface area contributed by atoms with E-state index in [4.69, 9.17) is 23.4 Å². The molecular formula is C25H26O16. The van der Waals surface area contributed by atoms with Crippen molar-refractivity contribution < 1.29 is 74.4 Å². The molecule has 1 aromatic heterocycles. The number of aromatic hydroxyl groups is 4. The smallest absolute Gasteiger partial charge is 0.239 e. The van der Waals surface area contributed by atoms with E-state index in [9.17, 15) is 55.9 Å². The molecule has 0 aliphatic carbocycles. The maximum atomic E-state index is 13.5. The minimum Gasteiger partial charge on any atom is -0.508 e. The van der Waals surface area contributed by atoms with Crippen molar-refractivity contribution in [3.63, 3.8) is 0 Å². The van der Waals surface area contributed by atoms with Gasteiger partial charge in [-0.2, -0.15) is 0 Å². The monoisotopic (exact) mass is 582 g/mol. The van der Waals surface area contributed by atoms with Gasteiger partial charge in [-0.15, -0.1) is 0 Å². The molecule has 222 valence electrons. The summed E-state index contributed by atoms with van der Waals surface area (Å²) in [5, 5.41) is 101. The van der Waals surface area contributed by atoms with E-state index in [1.54, 1.807) is 0 Å². The Morgan fingerprint density at radius 3 is 2.20 bits per heavy atom. The van der Waals surface area contributed by atoms with Gasteiger partial charge in [-0.25, -0.2) is 0 Å². The van der Waals surface area contributed by atoms with Gasteiger partial charge < -0.3 is 74.4 Å². The average Bonchev–Trinajstić information content (AvgIpc) is 2.91. The Kier molecular flexibility index (Phi) is 7.68. The molecule has 16 heteroatoms. The summed E-state index contributed by atoms with van der Waals surface area (Å²) >= 11 is 0. The number of hydrogen-bond donors (Lipinski definition) is 10.